The van der Waals surface area contributed by atoms with E-state index in [1.807, 2.05) is 32.9 Å². The SMILES string of the molecule is Cc1cc(C2OC(c3c(O)c(=O)c3=O)=CC2C)cc(C)n1. The molecule has 3 rings (SSSR count). The molecule has 1 aromatic carbocycles. The second kappa shape index (κ2) is 4.55. The number of aromatic nitrogens is 1. The Morgan fingerprint density at radius 1 is 1.14 bits per heavy atom. The van der Waals surface area contributed by atoms with Crippen LogP contribution in [0.15, 0.2) is 27.8 Å². The van der Waals surface area contributed by atoms with E-state index in [4.69, 9.17) is 4.74 Å². The van der Waals surface area contributed by atoms with E-state index in [-0.39, 0.29) is 17.6 Å². The Labute approximate surface area is 121 Å². The fourth-order valence-corrected chi connectivity index (χ4v) is 2.76. The maximum Gasteiger partial charge on any atom is 0.268 e. The monoisotopic (exact) mass is 285 g/mol. The molecule has 0 aliphatic carbocycles. The third kappa shape index (κ3) is 2.05. The van der Waals surface area contributed by atoms with Gasteiger partial charge in [0.2, 0.25) is 5.43 Å². The smallest absolute Gasteiger partial charge is 0.268 e. The van der Waals surface area contributed by atoms with E-state index in [9.17, 15) is 14.7 Å². The van der Waals surface area contributed by atoms with Crippen molar-refractivity contribution >= 4 is 5.76 Å². The summed E-state index contributed by atoms with van der Waals surface area (Å²) in [5.41, 5.74) is 1.22. The van der Waals surface area contributed by atoms with Crippen LogP contribution >= 0.6 is 0 Å². The zero-order valence-corrected chi connectivity index (χ0v) is 12.0. The molecular formula is C16H15NO4. The van der Waals surface area contributed by atoms with Gasteiger partial charge in [-0.05, 0) is 37.6 Å². The van der Waals surface area contributed by atoms with Crippen molar-refractivity contribution in [2.75, 3.05) is 0 Å². The van der Waals surface area contributed by atoms with Crippen LogP contribution < -0.4 is 10.9 Å². The van der Waals surface area contributed by atoms with Gasteiger partial charge in [-0.15, -0.1) is 0 Å². The van der Waals surface area contributed by atoms with Crippen molar-refractivity contribution in [1.29, 1.82) is 0 Å². The molecule has 1 aliphatic rings. The zero-order valence-electron chi connectivity index (χ0n) is 12.0. The first-order chi connectivity index (χ1) is 9.88. The van der Waals surface area contributed by atoms with E-state index in [0.29, 0.717) is 5.76 Å². The molecule has 0 amide bonds. The molecule has 2 unspecified atom stereocenters. The fourth-order valence-electron chi connectivity index (χ4n) is 2.76. The Kier molecular flexibility index (Phi) is 2.93. The Bertz CT molecular complexity index is 807. The largest absolute Gasteiger partial charge is 0.503 e. The Morgan fingerprint density at radius 3 is 2.33 bits per heavy atom. The minimum atomic E-state index is -0.846. The van der Waals surface area contributed by atoms with Gasteiger partial charge >= 0.3 is 0 Å². The van der Waals surface area contributed by atoms with Crippen LogP contribution in [0.3, 0.4) is 0 Å². The lowest BCUT2D eigenvalue weighted by Crippen LogP contribution is -2.34. The normalized spacial score (nSPS) is 21.4. The van der Waals surface area contributed by atoms with Crippen molar-refractivity contribution in [3.63, 3.8) is 0 Å². The predicted octanol–water partition coefficient (Wildman–Crippen LogP) is 1.75. The van der Waals surface area contributed by atoms with Crippen LogP contribution in [0.2, 0.25) is 0 Å². The predicted molar refractivity (Wildman–Crippen MR) is 77.7 cm³/mol. The van der Waals surface area contributed by atoms with E-state index in [0.717, 1.165) is 17.0 Å². The molecule has 2 heterocycles. The third-order valence-electron chi connectivity index (χ3n) is 3.71. The van der Waals surface area contributed by atoms with Crippen molar-refractivity contribution in [1.82, 2.24) is 4.98 Å². The van der Waals surface area contributed by atoms with Gasteiger partial charge in [-0.1, -0.05) is 6.92 Å². The van der Waals surface area contributed by atoms with Gasteiger partial charge in [0.15, 0.2) is 5.75 Å². The fraction of sp³-hybridized carbons (Fsp3) is 0.312. The quantitative estimate of drug-likeness (QED) is 0.851. The van der Waals surface area contributed by atoms with Gasteiger partial charge in [0.1, 0.15) is 17.4 Å². The van der Waals surface area contributed by atoms with Crippen LogP contribution in [-0.4, -0.2) is 10.1 Å². The molecule has 0 spiro atoms. The lowest BCUT2D eigenvalue weighted by atomic mass is 9.97. The Hall–Kier alpha value is -2.43. The number of ether oxygens (including phenoxy) is 1. The highest BCUT2D eigenvalue weighted by Crippen LogP contribution is 2.40. The zero-order chi connectivity index (χ0) is 15.3. The molecule has 0 radical (unpaired) electrons. The molecule has 0 bridgehead atoms. The standard InChI is InChI=1S/C16H15NO4/c1-7-4-11(12-13(18)15(20)14(12)19)21-16(7)10-5-8(2)17-9(3)6-10/h4-7,16,18H,1-3H3. The number of hydrogen-bond acceptors (Lipinski definition) is 5. The van der Waals surface area contributed by atoms with E-state index in [1.165, 1.54) is 0 Å². The highest BCUT2D eigenvalue weighted by molar-refractivity contribution is 5.70. The van der Waals surface area contributed by atoms with Crippen LogP contribution in [0.5, 0.6) is 5.75 Å². The minimum Gasteiger partial charge on any atom is -0.503 e. The van der Waals surface area contributed by atoms with Crippen LogP contribution in [-0.2, 0) is 4.74 Å². The summed E-state index contributed by atoms with van der Waals surface area (Å²) in [7, 11) is 0. The van der Waals surface area contributed by atoms with Crippen LogP contribution in [0.1, 0.15) is 35.5 Å². The summed E-state index contributed by atoms with van der Waals surface area (Å²) < 4.78 is 5.81. The van der Waals surface area contributed by atoms with Crippen molar-refractivity contribution in [2.24, 2.45) is 5.92 Å². The lowest BCUT2D eigenvalue weighted by molar-refractivity contribution is 0.159. The summed E-state index contributed by atoms with van der Waals surface area (Å²) in [5, 5.41) is 9.52. The van der Waals surface area contributed by atoms with Crippen LogP contribution in [0, 0.1) is 19.8 Å². The average molecular weight is 285 g/mol. The maximum absolute atomic E-state index is 11.5. The van der Waals surface area contributed by atoms with Gasteiger partial charge in [0.05, 0.1) is 0 Å². The van der Waals surface area contributed by atoms with Crippen molar-refractivity contribution in [2.45, 2.75) is 26.9 Å². The van der Waals surface area contributed by atoms with Crippen molar-refractivity contribution in [3.05, 3.63) is 61.2 Å². The highest BCUT2D eigenvalue weighted by atomic mass is 16.5. The molecule has 21 heavy (non-hydrogen) atoms. The van der Waals surface area contributed by atoms with Crippen LogP contribution in [0.25, 0.3) is 5.76 Å². The molecule has 1 N–H and O–H groups in total. The summed E-state index contributed by atoms with van der Waals surface area (Å²) >= 11 is 0. The topological polar surface area (TPSA) is 76.5 Å². The van der Waals surface area contributed by atoms with E-state index >= 15 is 0 Å². The number of aryl methyl sites for hydroxylation is 2. The second-order valence-electron chi connectivity index (χ2n) is 5.49. The summed E-state index contributed by atoms with van der Waals surface area (Å²) in [5.74, 6) is -0.173. The highest BCUT2D eigenvalue weighted by Gasteiger charge is 2.34. The lowest BCUT2D eigenvalue weighted by Gasteiger charge is -2.18. The number of pyridine rings is 1. The summed E-state index contributed by atoms with van der Waals surface area (Å²) in [6.45, 7) is 5.78. The van der Waals surface area contributed by atoms with Gasteiger partial charge in [-0.3, -0.25) is 14.6 Å². The number of rotatable bonds is 2. The Balaban J connectivity index is 1.94. The number of nitrogens with zero attached hydrogens (tertiary/aromatic N) is 1. The molecule has 2 aromatic rings. The first-order valence-corrected chi connectivity index (χ1v) is 6.74. The second-order valence-corrected chi connectivity index (χ2v) is 5.49. The van der Waals surface area contributed by atoms with E-state index < -0.39 is 16.6 Å². The third-order valence-corrected chi connectivity index (χ3v) is 3.71. The molecule has 5 nitrogen and oxygen atoms in total. The minimum absolute atomic E-state index is 0.00292. The first-order valence-electron chi connectivity index (χ1n) is 6.74. The number of aromatic hydroxyl groups is 1. The molecule has 0 fully saturated rings. The van der Waals surface area contributed by atoms with Gasteiger partial charge < -0.3 is 9.84 Å². The van der Waals surface area contributed by atoms with Gasteiger partial charge in [-0.2, -0.15) is 0 Å². The first kappa shape index (κ1) is 13.5. The van der Waals surface area contributed by atoms with Crippen molar-refractivity contribution in [3.8, 4) is 5.75 Å². The molecule has 1 aliphatic heterocycles. The average Bonchev–Trinajstić information content (AvgIpc) is 2.79. The molecule has 0 saturated carbocycles. The van der Waals surface area contributed by atoms with Gasteiger partial charge in [-0.25, -0.2) is 0 Å². The Morgan fingerprint density at radius 2 is 1.76 bits per heavy atom. The van der Waals surface area contributed by atoms with Gasteiger partial charge in [0, 0.05) is 17.3 Å². The maximum atomic E-state index is 11.5. The molecule has 2 atom stereocenters. The number of hydrogen-bond donors (Lipinski definition) is 1. The van der Waals surface area contributed by atoms with Crippen LogP contribution in [0.4, 0.5) is 0 Å². The summed E-state index contributed by atoms with van der Waals surface area (Å²) in [4.78, 5) is 26.9. The molecule has 0 saturated heterocycles. The molecule has 1 aromatic heterocycles. The summed E-state index contributed by atoms with van der Waals surface area (Å²) in [6.07, 6.45) is 1.52. The summed E-state index contributed by atoms with van der Waals surface area (Å²) in [6, 6.07) is 3.87. The van der Waals surface area contributed by atoms with Gasteiger partial charge in [0.25, 0.3) is 5.43 Å². The van der Waals surface area contributed by atoms with Crippen molar-refractivity contribution < 1.29 is 9.84 Å². The van der Waals surface area contributed by atoms with E-state index in [1.54, 1.807) is 6.08 Å². The molecule has 108 valence electrons. The van der Waals surface area contributed by atoms with E-state index in [2.05, 4.69) is 4.98 Å². The molecule has 5 heteroatoms. The molecular weight excluding hydrogens is 270 g/mol.